The SMILES string of the molecule is COc1cc(C(=O)Oc2c(Br)cc(Br)cc2/C=N\NC(=O)c2ccc3c(c2)OCCO3)cc(OC)c1OC. The van der Waals surface area contributed by atoms with Gasteiger partial charge in [0.2, 0.25) is 5.75 Å². The Hall–Kier alpha value is -3.77. The number of halogens is 2. The Balaban J connectivity index is 1.55. The summed E-state index contributed by atoms with van der Waals surface area (Å²) in [6.45, 7) is 0.864. The fourth-order valence-corrected chi connectivity index (χ4v) is 4.88. The highest BCUT2D eigenvalue weighted by Gasteiger charge is 2.21. The van der Waals surface area contributed by atoms with Gasteiger partial charge in [-0.3, -0.25) is 4.79 Å². The number of esters is 1. The van der Waals surface area contributed by atoms with Crippen LogP contribution >= 0.6 is 31.9 Å². The topological polar surface area (TPSA) is 114 Å². The Labute approximate surface area is 235 Å². The first kappa shape index (κ1) is 27.3. The number of rotatable bonds is 8. The molecule has 0 saturated carbocycles. The standard InChI is InChI=1S/C26H22Br2N2O8/c1-33-21-10-15(11-22(34-2)24(21)35-3)26(32)38-23-16(8-17(27)12-18(23)28)13-29-30-25(31)14-4-5-19-20(9-14)37-7-6-36-19/h4-5,8-13H,6-7H2,1-3H3,(H,30,31)/b29-13-. The van der Waals surface area contributed by atoms with Gasteiger partial charge in [-0.1, -0.05) is 15.9 Å². The molecule has 0 fully saturated rings. The van der Waals surface area contributed by atoms with Gasteiger partial charge in [0.25, 0.3) is 5.91 Å². The number of hydrogen-bond acceptors (Lipinski definition) is 9. The third kappa shape index (κ3) is 6.03. The van der Waals surface area contributed by atoms with E-state index in [9.17, 15) is 9.59 Å². The van der Waals surface area contributed by atoms with Crippen LogP contribution in [0.4, 0.5) is 0 Å². The van der Waals surface area contributed by atoms with Crippen molar-refractivity contribution >= 4 is 50.0 Å². The van der Waals surface area contributed by atoms with E-state index in [2.05, 4.69) is 42.4 Å². The molecule has 38 heavy (non-hydrogen) atoms. The molecule has 3 aromatic rings. The number of nitrogens with one attached hydrogen (secondary N) is 1. The van der Waals surface area contributed by atoms with Gasteiger partial charge in [0.1, 0.15) is 13.2 Å². The summed E-state index contributed by atoms with van der Waals surface area (Å²) in [5.41, 5.74) is 3.39. The fourth-order valence-electron chi connectivity index (χ4n) is 3.54. The second-order valence-electron chi connectivity index (χ2n) is 7.67. The van der Waals surface area contributed by atoms with Crippen LogP contribution in [-0.4, -0.2) is 52.6 Å². The summed E-state index contributed by atoms with van der Waals surface area (Å²) < 4.78 is 33.8. The maximum absolute atomic E-state index is 13.1. The first-order valence-corrected chi connectivity index (χ1v) is 12.7. The molecule has 1 N–H and O–H groups in total. The minimum absolute atomic E-state index is 0.170. The lowest BCUT2D eigenvalue weighted by Crippen LogP contribution is -2.19. The van der Waals surface area contributed by atoms with E-state index in [1.54, 1.807) is 30.3 Å². The maximum Gasteiger partial charge on any atom is 0.343 e. The molecule has 0 bridgehead atoms. The number of carbonyl (C=O) groups is 2. The molecule has 0 radical (unpaired) electrons. The number of nitrogens with zero attached hydrogens (tertiary/aromatic N) is 1. The molecule has 0 aliphatic carbocycles. The average Bonchev–Trinajstić information content (AvgIpc) is 2.93. The summed E-state index contributed by atoms with van der Waals surface area (Å²) in [5.74, 6) is 1.07. The molecule has 4 rings (SSSR count). The summed E-state index contributed by atoms with van der Waals surface area (Å²) in [4.78, 5) is 25.7. The molecule has 1 aliphatic heterocycles. The lowest BCUT2D eigenvalue weighted by atomic mass is 10.1. The molecule has 0 aromatic heterocycles. The van der Waals surface area contributed by atoms with E-state index < -0.39 is 11.9 Å². The first-order valence-electron chi connectivity index (χ1n) is 11.1. The van der Waals surface area contributed by atoms with E-state index in [-0.39, 0.29) is 11.3 Å². The van der Waals surface area contributed by atoms with E-state index in [1.165, 1.54) is 39.7 Å². The monoisotopic (exact) mass is 648 g/mol. The molecule has 10 nitrogen and oxygen atoms in total. The molecule has 1 amide bonds. The largest absolute Gasteiger partial charge is 0.493 e. The predicted octanol–water partition coefficient (Wildman–Crippen LogP) is 4.99. The molecule has 12 heteroatoms. The van der Waals surface area contributed by atoms with Crippen LogP contribution in [0.1, 0.15) is 26.3 Å². The van der Waals surface area contributed by atoms with Crippen LogP contribution in [0.3, 0.4) is 0 Å². The van der Waals surface area contributed by atoms with Gasteiger partial charge in [-0.25, -0.2) is 10.2 Å². The van der Waals surface area contributed by atoms with Gasteiger partial charge in [-0.15, -0.1) is 0 Å². The third-order valence-electron chi connectivity index (χ3n) is 5.31. The number of ether oxygens (including phenoxy) is 6. The lowest BCUT2D eigenvalue weighted by molar-refractivity contribution is 0.0732. The highest BCUT2D eigenvalue weighted by Crippen LogP contribution is 2.39. The number of benzene rings is 3. The van der Waals surface area contributed by atoms with E-state index >= 15 is 0 Å². The molecule has 0 spiro atoms. The van der Waals surface area contributed by atoms with Crippen molar-refractivity contribution in [1.29, 1.82) is 0 Å². The Morgan fingerprint density at radius 2 is 1.55 bits per heavy atom. The van der Waals surface area contributed by atoms with Crippen LogP contribution in [0.5, 0.6) is 34.5 Å². The number of fused-ring (bicyclic) bond motifs is 1. The number of carbonyl (C=O) groups excluding carboxylic acids is 2. The summed E-state index contributed by atoms with van der Waals surface area (Å²) in [6, 6.07) is 11.2. The number of hydrazone groups is 1. The van der Waals surface area contributed by atoms with Crippen molar-refractivity contribution in [2.75, 3.05) is 34.5 Å². The Morgan fingerprint density at radius 3 is 2.21 bits per heavy atom. The van der Waals surface area contributed by atoms with Crippen molar-refractivity contribution in [1.82, 2.24) is 5.43 Å². The number of methoxy groups -OCH3 is 3. The van der Waals surface area contributed by atoms with Gasteiger partial charge in [-0.2, -0.15) is 5.10 Å². The van der Waals surface area contributed by atoms with Gasteiger partial charge in [0, 0.05) is 15.6 Å². The molecule has 3 aromatic carbocycles. The van der Waals surface area contributed by atoms with Crippen molar-refractivity contribution in [2.45, 2.75) is 0 Å². The molecular formula is C26H22Br2N2O8. The van der Waals surface area contributed by atoms with Crippen molar-refractivity contribution in [3.05, 3.63) is 68.1 Å². The minimum Gasteiger partial charge on any atom is -0.493 e. The van der Waals surface area contributed by atoms with E-state index in [1.807, 2.05) is 0 Å². The van der Waals surface area contributed by atoms with Crippen molar-refractivity contribution in [2.24, 2.45) is 5.10 Å². The normalized spacial score (nSPS) is 12.1. The highest BCUT2D eigenvalue weighted by molar-refractivity contribution is 9.11. The molecule has 1 aliphatic rings. The minimum atomic E-state index is -0.678. The smallest absolute Gasteiger partial charge is 0.343 e. The zero-order valence-electron chi connectivity index (χ0n) is 20.5. The zero-order valence-corrected chi connectivity index (χ0v) is 23.7. The van der Waals surface area contributed by atoms with Crippen molar-refractivity contribution < 1.29 is 38.0 Å². The van der Waals surface area contributed by atoms with Crippen LogP contribution in [0.15, 0.2) is 56.5 Å². The second-order valence-corrected chi connectivity index (χ2v) is 9.44. The lowest BCUT2D eigenvalue weighted by Gasteiger charge is -2.18. The van der Waals surface area contributed by atoms with Crippen molar-refractivity contribution in [3.63, 3.8) is 0 Å². The Morgan fingerprint density at radius 1 is 0.868 bits per heavy atom. The number of amides is 1. The van der Waals surface area contributed by atoms with Crippen LogP contribution in [-0.2, 0) is 0 Å². The molecule has 0 unspecified atom stereocenters. The molecule has 0 saturated heterocycles. The van der Waals surface area contributed by atoms with Crippen LogP contribution in [0.25, 0.3) is 0 Å². The number of hydrogen-bond donors (Lipinski definition) is 1. The molecular weight excluding hydrogens is 628 g/mol. The summed E-state index contributed by atoms with van der Waals surface area (Å²) in [7, 11) is 4.37. The average molecular weight is 650 g/mol. The van der Waals surface area contributed by atoms with Crippen LogP contribution in [0.2, 0.25) is 0 Å². The fraction of sp³-hybridized carbons (Fsp3) is 0.192. The Bertz CT molecular complexity index is 1390. The van der Waals surface area contributed by atoms with Gasteiger partial charge in [0.05, 0.1) is 37.6 Å². The van der Waals surface area contributed by atoms with Crippen molar-refractivity contribution in [3.8, 4) is 34.5 Å². The van der Waals surface area contributed by atoms with Gasteiger partial charge in [0.15, 0.2) is 28.7 Å². The van der Waals surface area contributed by atoms with Gasteiger partial charge in [-0.05, 0) is 58.4 Å². The van der Waals surface area contributed by atoms with E-state index in [0.29, 0.717) is 62.0 Å². The maximum atomic E-state index is 13.1. The zero-order chi connectivity index (χ0) is 27.2. The molecule has 1 heterocycles. The molecule has 0 atom stereocenters. The summed E-state index contributed by atoms with van der Waals surface area (Å²) in [5, 5.41) is 4.04. The van der Waals surface area contributed by atoms with Gasteiger partial charge < -0.3 is 28.4 Å². The second kappa shape index (κ2) is 12.2. The highest BCUT2D eigenvalue weighted by atomic mass is 79.9. The third-order valence-corrected chi connectivity index (χ3v) is 6.35. The van der Waals surface area contributed by atoms with E-state index in [4.69, 9.17) is 28.4 Å². The first-order chi connectivity index (χ1) is 18.3. The van der Waals surface area contributed by atoms with Gasteiger partial charge >= 0.3 is 5.97 Å². The predicted molar refractivity (Wildman–Crippen MR) is 145 cm³/mol. The quantitative estimate of drug-likeness (QED) is 0.157. The molecule has 198 valence electrons. The van der Waals surface area contributed by atoms with E-state index in [0.717, 1.165) is 0 Å². The summed E-state index contributed by atoms with van der Waals surface area (Å²) >= 11 is 6.83. The van der Waals surface area contributed by atoms with Crippen LogP contribution < -0.4 is 33.8 Å². The van der Waals surface area contributed by atoms with Crippen LogP contribution in [0, 0.1) is 0 Å². The Kier molecular flexibility index (Phi) is 8.74. The summed E-state index contributed by atoms with van der Waals surface area (Å²) in [6.07, 6.45) is 1.36.